The predicted octanol–water partition coefficient (Wildman–Crippen LogP) is 1.55. The Morgan fingerprint density at radius 1 is 1.30 bits per heavy atom. The fourth-order valence-electron chi connectivity index (χ4n) is 5.55. The molecule has 2 aliphatic rings. The van der Waals surface area contributed by atoms with Crippen LogP contribution in [0.1, 0.15) is 49.4 Å². The lowest BCUT2D eigenvalue weighted by molar-refractivity contribution is -0.172. The van der Waals surface area contributed by atoms with Gasteiger partial charge in [-0.2, -0.15) is 0 Å². The number of hydrogen-bond donors (Lipinski definition) is 2. The van der Waals surface area contributed by atoms with Gasteiger partial charge in [-0.05, 0) is 30.0 Å². The number of cyclic esters (lactones) is 1. The Hall–Kier alpha value is -4.05. The lowest BCUT2D eigenvalue weighted by Gasteiger charge is -2.31. The number of nitrogens with two attached hydrogens (primary N) is 1. The van der Waals surface area contributed by atoms with E-state index in [1.54, 1.807) is 17.6 Å². The maximum atomic E-state index is 13.6. The van der Waals surface area contributed by atoms with Crippen LogP contribution in [0.4, 0.5) is 0 Å². The third-order valence-electron chi connectivity index (χ3n) is 7.47. The second-order valence-corrected chi connectivity index (χ2v) is 9.91. The first-order valence-electron chi connectivity index (χ1n) is 12.2. The van der Waals surface area contributed by atoms with Crippen LogP contribution in [-0.4, -0.2) is 43.9 Å². The van der Waals surface area contributed by atoms with E-state index in [0.29, 0.717) is 23.3 Å². The molecule has 10 heteroatoms. The number of ether oxygens (including phenoxy) is 1. The molecule has 1 aromatic carbocycles. The second kappa shape index (κ2) is 8.81. The number of amides is 2. The fourth-order valence-corrected chi connectivity index (χ4v) is 5.55. The molecule has 0 saturated heterocycles. The fraction of sp³-hybridized carbons (Fsp3) is 0.370. The number of carbonyl (C=O) groups excluding carboxylic acids is 3. The van der Waals surface area contributed by atoms with Crippen LogP contribution in [0.2, 0.25) is 0 Å². The molecule has 0 bridgehead atoms. The molecule has 5 rings (SSSR count). The van der Waals surface area contributed by atoms with Crippen LogP contribution < -0.4 is 11.3 Å². The zero-order chi connectivity index (χ0) is 26.6. The number of fused-ring (bicyclic) bond motifs is 5. The predicted molar refractivity (Wildman–Crippen MR) is 134 cm³/mol. The van der Waals surface area contributed by atoms with E-state index in [-0.39, 0.29) is 48.7 Å². The molecule has 4 heterocycles. The van der Waals surface area contributed by atoms with Gasteiger partial charge in [0.25, 0.3) is 5.56 Å². The smallest absolute Gasteiger partial charge is 0.343 e. The molecule has 0 saturated carbocycles. The highest BCUT2D eigenvalue weighted by molar-refractivity contribution is 5.89. The number of nitrogens with zero attached hydrogens (tertiary/aromatic N) is 3. The Kier molecular flexibility index (Phi) is 5.86. The molecule has 10 nitrogen and oxygen atoms in total. The lowest BCUT2D eigenvalue weighted by atomic mass is 9.86. The van der Waals surface area contributed by atoms with Gasteiger partial charge in [-0.25, -0.2) is 9.78 Å². The molecule has 3 aromatic rings. The molecule has 3 N–H and O–H groups in total. The van der Waals surface area contributed by atoms with Gasteiger partial charge in [-0.15, -0.1) is 0 Å². The normalized spacial score (nSPS) is 18.7. The van der Waals surface area contributed by atoms with Gasteiger partial charge in [0.05, 0.1) is 29.0 Å². The minimum atomic E-state index is -1.93. The van der Waals surface area contributed by atoms with E-state index in [9.17, 15) is 24.3 Å². The molecule has 2 aromatic heterocycles. The Bertz CT molecular complexity index is 1530. The highest BCUT2D eigenvalue weighted by Gasteiger charge is 2.45. The number of benzene rings is 1. The first-order chi connectivity index (χ1) is 17.6. The minimum absolute atomic E-state index is 0.0446. The highest BCUT2D eigenvalue weighted by Crippen LogP contribution is 2.40. The van der Waals surface area contributed by atoms with Crippen molar-refractivity contribution in [1.82, 2.24) is 14.5 Å². The molecule has 2 aliphatic heterocycles. The summed E-state index contributed by atoms with van der Waals surface area (Å²) in [5, 5.41) is 11.9. The average molecular weight is 505 g/mol. The highest BCUT2D eigenvalue weighted by atomic mass is 16.6. The van der Waals surface area contributed by atoms with Crippen LogP contribution in [-0.2, 0) is 44.4 Å². The quantitative estimate of drug-likeness (QED) is 0.287. The summed E-state index contributed by atoms with van der Waals surface area (Å²) in [6.07, 6.45) is 0.664. The molecule has 0 aliphatic carbocycles. The summed E-state index contributed by atoms with van der Waals surface area (Å²) in [7, 11) is 0. The van der Waals surface area contributed by atoms with E-state index in [1.807, 2.05) is 38.1 Å². The van der Waals surface area contributed by atoms with Crippen LogP contribution in [0.5, 0.6) is 0 Å². The van der Waals surface area contributed by atoms with Crippen molar-refractivity contribution in [3.8, 4) is 11.4 Å². The SMILES string of the molecule is CC[C@@]1(O)C(=O)OCc2c1cc1n(c2=O)Cc2c-1nc1ccccc1c2CN(C=O)[C@H](C(N)=O)C(C)C. The van der Waals surface area contributed by atoms with Crippen LogP contribution >= 0.6 is 0 Å². The third kappa shape index (κ3) is 3.62. The summed E-state index contributed by atoms with van der Waals surface area (Å²) >= 11 is 0. The van der Waals surface area contributed by atoms with Crippen molar-refractivity contribution in [1.29, 1.82) is 0 Å². The Balaban J connectivity index is 1.74. The maximum Gasteiger partial charge on any atom is 0.343 e. The maximum absolute atomic E-state index is 13.6. The Morgan fingerprint density at radius 2 is 2.03 bits per heavy atom. The molecular formula is C27H28N4O6. The van der Waals surface area contributed by atoms with E-state index in [4.69, 9.17) is 15.5 Å². The standard InChI is InChI=1S/C27H28N4O6/c1-4-27(36)19-9-21-22-17(11-31(21)25(34)18(19)12-37-26(27)35)16(15-7-5-6-8-20(15)29-22)10-30(13-32)23(14(2)3)24(28)33/h5-9,13-14,23,36H,4,10-12H2,1-3H3,(H2,28,33)/t23-,27-/m0/s1. The van der Waals surface area contributed by atoms with Gasteiger partial charge in [-0.3, -0.25) is 14.4 Å². The van der Waals surface area contributed by atoms with Crippen molar-refractivity contribution >= 4 is 29.2 Å². The zero-order valence-corrected chi connectivity index (χ0v) is 20.9. The van der Waals surface area contributed by atoms with Crippen molar-refractivity contribution in [3.63, 3.8) is 0 Å². The van der Waals surface area contributed by atoms with Crippen LogP contribution in [0.15, 0.2) is 35.1 Å². The van der Waals surface area contributed by atoms with E-state index in [1.165, 1.54) is 4.90 Å². The van der Waals surface area contributed by atoms with Gasteiger partial charge in [-0.1, -0.05) is 39.0 Å². The number of pyridine rings is 2. The first-order valence-corrected chi connectivity index (χ1v) is 12.2. The lowest BCUT2D eigenvalue weighted by Crippen LogP contribution is -2.47. The summed E-state index contributed by atoms with van der Waals surface area (Å²) in [4.78, 5) is 56.6. The molecule has 37 heavy (non-hydrogen) atoms. The van der Waals surface area contributed by atoms with Crippen molar-refractivity contribution in [3.05, 3.63) is 62.9 Å². The summed E-state index contributed by atoms with van der Waals surface area (Å²) in [6.45, 7) is 5.33. The second-order valence-electron chi connectivity index (χ2n) is 9.91. The van der Waals surface area contributed by atoms with Gasteiger partial charge in [0.2, 0.25) is 12.3 Å². The summed E-state index contributed by atoms with van der Waals surface area (Å²) in [5.41, 5.74) is 6.92. The molecular weight excluding hydrogens is 476 g/mol. The number of aromatic nitrogens is 2. The van der Waals surface area contributed by atoms with Gasteiger partial charge < -0.3 is 25.0 Å². The summed E-state index contributed by atoms with van der Waals surface area (Å²) in [6, 6.07) is 8.24. The summed E-state index contributed by atoms with van der Waals surface area (Å²) < 4.78 is 6.70. The zero-order valence-electron chi connectivity index (χ0n) is 20.9. The number of carbonyl (C=O) groups is 3. The van der Waals surface area contributed by atoms with E-state index >= 15 is 0 Å². The van der Waals surface area contributed by atoms with E-state index < -0.39 is 23.5 Å². The van der Waals surface area contributed by atoms with Gasteiger partial charge in [0.15, 0.2) is 5.60 Å². The van der Waals surface area contributed by atoms with Crippen molar-refractivity contribution < 1.29 is 24.2 Å². The molecule has 0 spiro atoms. The van der Waals surface area contributed by atoms with Gasteiger partial charge in [0, 0.05) is 23.1 Å². The van der Waals surface area contributed by atoms with Crippen LogP contribution in [0.3, 0.4) is 0 Å². The van der Waals surface area contributed by atoms with Crippen molar-refractivity contribution in [2.75, 3.05) is 0 Å². The van der Waals surface area contributed by atoms with Gasteiger partial charge >= 0.3 is 5.97 Å². The van der Waals surface area contributed by atoms with E-state index in [2.05, 4.69) is 0 Å². The Morgan fingerprint density at radius 3 is 2.68 bits per heavy atom. The number of esters is 1. The number of aliphatic hydroxyl groups is 1. The molecule has 0 fully saturated rings. The molecule has 0 unspecified atom stereocenters. The number of para-hydroxylation sites is 1. The molecule has 2 amide bonds. The molecule has 192 valence electrons. The Labute approximate surface area is 212 Å². The van der Waals surface area contributed by atoms with Crippen LogP contribution in [0.25, 0.3) is 22.3 Å². The van der Waals surface area contributed by atoms with E-state index in [0.717, 1.165) is 16.5 Å². The number of rotatable bonds is 7. The van der Waals surface area contributed by atoms with Crippen molar-refractivity contribution in [2.24, 2.45) is 11.7 Å². The number of primary amides is 1. The topological polar surface area (TPSA) is 145 Å². The summed E-state index contributed by atoms with van der Waals surface area (Å²) in [5.74, 6) is -1.60. The largest absolute Gasteiger partial charge is 0.458 e. The third-order valence-corrected chi connectivity index (χ3v) is 7.47. The van der Waals surface area contributed by atoms with Crippen LogP contribution in [0, 0.1) is 5.92 Å². The number of hydrogen-bond acceptors (Lipinski definition) is 7. The minimum Gasteiger partial charge on any atom is -0.458 e. The molecule has 0 radical (unpaired) electrons. The monoisotopic (exact) mass is 504 g/mol. The van der Waals surface area contributed by atoms with Crippen molar-refractivity contribution in [2.45, 2.75) is 58.5 Å². The van der Waals surface area contributed by atoms with Gasteiger partial charge in [0.1, 0.15) is 12.6 Å². The average Bonchev–Trinajstić information content (AvgIpc) is 3.24. The molecule has 2 atom stereocenters. The first kappa shape index (κ1) is 24.6.